The number of hydrogen-bond donors (Lipinski definition) is 1. The average Bonchev–Trinajstić information content (AvgIpc) is 3.05. The third kappa shape index (κ3) is 3.36. The van der Waals surface area contributed by atoms with Crippen LogP contribution in [0, 0.1) is 6.92 Å². The molecule has 2 aromatic rings. The van der Waals surface area contributed by atoms with Crippen molar-refractivity contribution in [3.63, 3.8) is 0 Å². The quantitative estimate of drug-likeness (QED) is 0.778. The van der Waals surface area contributed by atoms with Gasteiger partial charge >= 0.3 is 5.69 Å². The standard InChI is InChI=1S/C16H21N5O3.2ClH/c1-9-7-11(14(22)21-6-4-5-10(21)8-17)18-13-12(9)15(23)20(3)16(24)19(13)2;;/h7,10H,4-6,8,17H2,1-3H3;2*1H. The van der Waals surface area contributed by atoms with Gasteiger partial charge in [-0.25, -0.2) is 9.78 Å². The Morgan fingerprint density at radius 1 is 1.27 bits per heavy atom. The fourth-order valence-electron chi connectivity index (χ4n) is 3.34. The monoisotopic (exact) mass is 403 g/mol. The van der Waals surface area contributed by atoms with E-state index >= 15 is 0 Å². The van der Waals surface area contributed by atoms with Crippen molar-refractivity contribution in [3.8, 4) is 0 Å². The molecule has 1 unspecified atom stereocenters. The van der Waals surface area contributed by atoms with Gasteiger partial charge in [0, 0.05) is 33.2 Å². The maximum absolute atomic E-state index is 12.8. The van der Waals surface area contributed by atoms with Gasteiger partial charge < -0.3 is 10.6 Å². The number of rotatable bonds is 2. The van der Waals surface area contributed by atoms with Crippen LogP contribution < -0.4 is 17.0 Å². The van der Waals surface area contributed by atoms with Gasteiger partial charge in [0.15, 0.2) is 0 Å². The number of amides is 1. The van der Waals surface area contributed by atoms with Crippen LogP contribution in [0.5, 0.6) is 0 Å². The van der Waals surface area contributed by atoms with Crippen LogP contribution in [0.25, 0.3) is 11.0 Å². The molecule has 144 valence electrons. The van der Waals surface area contributed by atoms with Gasteiger partial charge in [-0.2, -0.15) is 0 Å². The molecule has 10 heteroatoms. The molecule has 1 aliphatic heterocycles. The number of carbonyl (C=O) groups is 1. The first kappa shape index (κ1) is 22.1. The molecular weight excluding hydrogens is 381 g/mol. The summed E-state index contributed by atoms with van der Waals surface area (Å²) < 4.78 is 2.34. The first-order chi connectivity index (χ1) is 11.4. The number of aromatic nitrogens is 3. The van der Waals surface area contributed by atoms with Gasteiger partial charge in [-0.1, -0.05) is 0 Å². The summed E-state index contributed by atoms with van der Waals surface area (Å²) in [6, 6.07) is 1.63. The average molecular weight is 404 g/mol. The number of pyridine rings is 1. The summed E-state index contributed by atoms with van der Waals surface area (Å²) in [7, 11) is 2.97. The third-order valence-electron chi connectivity index (χ3n) is 4.74. The van der Waals surface area contributed by atoms with Crippen molar-refractivity contribution in [2.75, 3.05) is 13.1 Å². The molecule has 2 aromatic heterocycles. The van der Waals surface area contributed by atoms with Crippen molar-refractivity contribution in [1.82, 2.24) is 19.0 Å². The number of nitrogens with two attached hydrogens (primary N) is 1. The number of halogens is 2. The van der Waals surface area contributed by atoms with Crippen molar-refractivity contribution >= 4 is 41.8 Å². The van der Waals surface area contributed by atoms with Gasteiger partial charge in [0.05, 0.1) is 5.39 Å². The van der Waals surface area contributed by atoms with Crippen molar-refractivity contribution in [1.29, 1.82) is 0 Å². The molecule has 0 bridgehead atoms. The molecule has 3 rings (SSSR count). The normalized spacial score (nSPS) is 16.3. The third-order valence-corrected chi connectivity index (χ3v) is 4.74. The van der Waals surface area contributed by atoms with Crippen molar-refractivity contribution < 1.29 is 4.79 Å². The van der Waals surface area contributed by atoms with Gasteiger partial charge in [0.25, 0.3) is 11.5 Å². The van der Waals surface area contributed by atoms with E-state index in [2.05, 4.69) is 4.98 Å². The highest BCUT2D eigenvalue weighted by Gasteiger charge is 2.29. The molecule has 1 atom stereocenters. The Morgan fingerprint density at radius 3 is 2.54 bits per heavy atom. The van der Waals surface area contributed by atoms with Crippen LogP contribution in [0.2, 0.25) is 0 Å². The minimum atomic E-state index is -0.468. The van der Waals surface area contributed by atoms with E-state index in [1.54, 1.807) is 24.9 Å². The Balaban J connectivity index is 0.00000169. The van der Waals surface area contributed by atoms with E-state index in [0.717, 1.165) is 17.4 Å². The Hall–Kier alpha value is -1.90. The van der Waals surface area contributed by atoms with Gasteiger partial charge in [-0.15, -0.1) is 24.8 Å². The van der Waals surface area contributed by atoms with Crippen molar-refractivity contribution in [3.05, 3.63) is 38.2 Å². The lowest BCUT2D eigenvalue weighted by Gasteiger charge is -2.23. The van der Waals surface area contributed by atoms with Crippen LogP contribution in [0.1, 0.15) is 28.9 Å². The van der Waals surface area contributed by atoms with Crippen LogP contribution in [0.15, 0.2) is 15.7 Å². The predicted octanol–water partition coefficient (Wildman–Crippen LogP) is 0.348. The number of aryl methyl sites for hydroxylation is 2. The highest BCUT2D eigenvalue weighted by atomic mass is 35.5. The molecule has 8 nitrogen and oxygen atoms in total. The van der Waals surface area contributed by atoms with E-state index in [9.17, 15) is 14.4 Å². The lowest BCUT2D eigenvalue weighted by Crippen LogP contribution is -2.41. The lowest BCUT2D eigenvalue weighted by atomic mass is 10.1. The highest BCUT2D eigenvalue weighted by Crippen LogP contribution is 2.20. The van der Waals surface area contributed by atoms with Gasteiger partial charge in [0.2, 0.25) is 0 Å². The van der Waals surface area contributed by atoms with E-state index in [0.29, 0.717) is 24.0 Å². The largest absolute Gasteiger partial charge is 0.333 e. The van der Waals surface area contributed by atoms with Crippen molar-refractivity contribution in [2.24, 2.45) is 19.8 Å². The minimum absolute atomic E-state index is 0. The number of likely N-dealkylation sites (tertiary alicyclic amines) is 1. The molecule has 0 saturated carbocycles. The summed E-state index contributed by atoms with van der Waals surface area (Å²) in [4.78, 5) is 43.3. The highest BCUT2D eigenvalue weighted by molar-refractivity contribution is 5.95. The maximum atomic E-state index is 12.8. The smallest absolute Gasteiger partial charge is 0.332 e. The Bertz CT molecular complexity index is 954. The molecule has 2 N–H and O–H groups in total. The number of hydrogen-bond acceptors (Lipinski definition) is 5. The van der Waals surface area contributed by atoms with E-state index in [4.69, 9.17) is 5.73 Å². The number of carbonyl (C=O) groups excluding carboxylic acids is 1. The van der Waals surface area contributed by atoms with Gasteiger partial charge in [0.1, 0.15) is 11.3 Å². The Morgan fingerprint density at radius 2 is 1.92 bits per heavy atom. The SMILES string of the molecule is Cc1cc(C(=O)N2CCCC2CN)nc2c1c(=O)n(C)c(=O)n2C.Cl.Cl. The number of fused-ring (bicyclic) bond motifs is 1. The van der Waals surface area contributed by atoms with E-state index in [-0.39, 0.29) is 48.1 Å². The molecule has 0 aromatic carbocycles. The van der Waals surface area contributed by atoms with E-state index in [1.165, 1.54) is 11.6 Å². The second-order valence-corrected chi connectivity index (χ2v) is 6.26. The molecule has 1 aliphatic rings. The summed E-state index contributed by atoms with van der Waals surface area (Å²) in [6.07, 6.45) is 1.80. The number of nitrogens with zero attached hydrogens (tertiary/aromatic N) is 4. The zero-order chi connectivity index (χ0) is 17.6. The summed E-state index contributed by atoms with van der Waals surface area (Å²) in [5.41, 5.74) is 5.96. The zero-order valence-electron chi connectivity index (χ0n) is 14.9. The topological polar surface area (TPSA) is 103 Å². The zero-order valence-corrected chi connectivity index (χ0v) is 16.5. The first-order valence-electron chi connectivity index (χ1n) is 7.95. The van der Waals surface area contributed by atoms with E-state index < -0.39 is 11.2 Å². The summed E-state index contributed by atoms with van der Waals surface area (Å²) in [5.74, 6) is -0.207. The molecule has 1 saturated heterocycles. The minimum Gasteiger partial charge on any atom is -0.333 e. The molecular formula is C16H23Cl2N5O3. The summed E-state index contributed by atoms with van der Waals surface area (Å²) >= 11 is 0. The molecule has 26 heavy (non-hydrogen) atoms. The molecule has 0 aliphatic carbocycles. The molecule has 1 amide bonds. The maximum Gasteiger partial charge on any atom is 0.332 e. The second kappa shape index (κ2) is 8.20. The fourth-order valence-corrected chi connectivity index (χ4v) is 3.34. The Kier molecular flexibility index (Phi) is 6.98. The Labute approximate surface area is 162 Å². The summed E-state index contributed by atoms with van der Waals surface area (Å²) in [6.45, 7) is 2.81. The molecule has 3 heterocycles. The predicted molar refractivity (Wildman–Crippen MR) is 105 cm³/mol. The summed E-state index contributed by atoms with van der Waals surface area (Å²) in [5, 5.41) is 0.355. The molecule has 1 fully saturated rings. The van der Waals surface area contributed by atoms with Gasteiger partial charge in [-0.3, -0.25) is 18.7 Å². The molecule has 0 radical (unpaired) electrons. The fraction of sp³-hybridized carbons (Fsp3) is 0.500. The van der Waals surface area contributed by atoms with Crippen LogP contribution in [-0.2, 0) is 14.1 Å². The first-order valence-corrected chi connectivity index (χ1v) is 7.95. The lowest BCUT2D eigenvalue weighted by molar-refractivity contribution is 0.0735. The van der Waals surface area contributed by atoms with E-state index in [1.807, 2.05) is 0 Å². The van der Waals surface area contributed by atoms with Gasteiger partial charge in [-0.05, 0) is 31.4 Å². The van der Waals surface area contributed by atoms with Crippen LogP contribution in [0.4, 0.5) is 0 Å². The van der Waals surface area contributed by atoms with Crippen LogP contribution in [-0.4, -0.2) is 44.1 Å². The second-order valence-electron chi connectivity index (χ2n) is 6.26. The van der Waals surface area contributed by atoms with Crippen molar-refractivity contribution in [2.45, 2.75) is 25.8 Å². The molecule has 0 spiro atoms. The van der Waals surface area contributed by atoms with Crippen LogP contribution in [0.3, 0.4) is 0 Å². The van der Waals surface area contributed by atoms with Crippen LogP contribution >= 0.6 is 24.8 Å².